The van der Waals surface area contributed by atoms with Crippen LogP contribution in [0.15, 0.2) is 54.6 Å². The van der Waals surface area contributed by atoms with Gasteiger partial charge in [-0.2, -0.15) is 0 Å². The summed E-state index contributed by atoms with van der Waals surface area (Å²) in [5, 5.41) is 5.84. The third-order valence-corrected chi connectivity index (χ3v) is 5.73. The van der Waals surface area contributed by atoms with E-state index in [9.17, 15) is 9.59 Å². The van der Waals surface area contributed by atoms with Crippen LogP contribution in [0.25, 0.3) is 0 Å². The van der Waals surface area contributed by atoms with E-state index in [1.54, 1.807) is 12.1 Å². The van der Waals surface area contributed by atoms with Crippen molar-refractivity contribution in [2.24, 2.45) is 0 Å². The molecule has 1 atom stereocenters. The Morgan fingerprint density at radius 3 is 2.44 bits per heavy atom. The van der Waals surface area contributed by atoms with Gasteiger partial charge in [0, 0.05) is 25.1 Å². The molecule has 172 valence electrons. The van der Waals surface area contributed by atoms with Gasteiger partial charge in [0.1, 0.15) is 18.4 Å². The summed E-state index contributed by atoms with van der Waals surface area (Å²) in [6.45, 7) is 6.64. The number of carbonyl (C=O) groups is 2. The first kappa shape index (κ1) is 23.8. The molecule has 1 aliphatic rings. The van der Waals surface area contributed by atoms with Crippen molar-refractivity contribution in [2.45, 2.75) is 45.1 Å². The lowest BCUT2D eigenvalue weighted by Gasteiger charge is -2.19. The minimum absolute atomic E-state index is 0.159. The molecule has 6 heteroatoms. The van der Waals surface area contributed by atoms with Crippen LogP contribution >= 0.6 is 0 Å². The molecular formula is C26H35N3O3. The predicted molar refractivity (Wildman–Crippen MR) is 127 cm³/mol. The molecule has 0 aliphatic carbocycles. The number of nitrogens with zero attached hydrogens (tertiary/aromatic N) is 1. The van der Waals surface area contributed by atoms with Gasteiger partial charge in [0.15, 0.2) is 0 Å². The van der Waals surface area contributed by atoms with E-state index in [0.29, 0.717) is 25.1 Å². The first-order chi connectivity index (χ1) is 15.7. The number of hydrogen-bond donors (Lipinski definition) is 2. The van der Waals surface area contributed by atoms with Crippen LogP contribution in [0.2, 0.25) is 0 Å². The third-order valence-electron chi connectivity index (χ3n) is 5.73. The lowest BCUT2D eigenvalue weighted by molar-refractivity contribution is -0.122. The fourth-order valence-electron chi connectivity index (χ4n) is 3.81. The molecule has 1 saturated heterocycles. The average molecular weight is 438 g/mol. The summed E-state index contributed by atoms with van der Waals surface area (Å²) < 4.78 is 5.87. The van der Waals surface area contributed by atoms with Crippen molar-refractivity contribution in [3.8, 4) is 5.75 Å². The van der Waals surface area contributed by atoms with Crippen LogP contribution in [0.4, 0.5) is 0 Å². The zero-order valence-corrected chi connectivity index (χ0v) is 19.0. The van der Waals surface area contributed by atoms with E-state index >= 15 is 0 Å². The number of carbonyl (C=O) groups excluding carboxylic acids is 2. The van der Waals surface area contributed by atoms with Gasteiger partial charge in [-0.1, -0.05) is 43.7 Å². The van der Waals surface area contributed by atoms with Gasteiger partial charge in [0.05, 0.1) is 0 Å². The summed E-state index contributed by atoms with van der Waals surface area (Å²) in [6, 6.07) is 16.1. The smallest absolute Gasteiger partial charge is 0.251 e. The van der Waals surface area contributed by atoms with Crippen molar-refractivity contribution in [3.63, 3.8) is 0 Å². The number of ether oxygens (including phenoxy) is 1. The summed E-state index contributed by atoms with van der Waals surface area (Å²) in [5.41, 5.74) is 1.52. The lowest BCUT2D eigenvalue weighted by atomic mass is 10.0. The minimum Gasteiger partial charge on any atom is -0.492 e. The number of rotatable bonds is 12. The molecule has 1 aliphatic heterocycles. The number of amides is 2. The Labute approximate surface area is 191 Å². The standard InChI is InChI=1S/C26H35N3O3/c1-2-3-15-27-26(31)24(28-25(30)22-9-5-4-6-10-22)20-21-11-13-23(14-12-21)32-19-18-29-16-7-8-17-29/h4-6,9-14,24H,2-3,7-8,15-20H2,1H3,(H,27,31)(H,28,30)/t24-/m1/s1. The molecule has 0 aromatic heterocycles. The SMILES string of the molecule is CCCCNC(=O)[C@@H](Cc1ccc(OCCN2CCCC2)cc1)NC(=O)c1ccccc1. The first-order valence-electron chi connectivity index (χ1n) is 11.7. The first-order valence-corrected chi connectivity index (χ1v) is 11.7. The van der Waals surface area contributed by atoms with Gasteiger partial charge in [-0.15, -0.1) is 0 Å². The summed E-state index contributed by atoms with van der Waals surface area (Å²) in [5.74, 6) is 0.419. The van der Waals surface area contributed by atoms with Gasteiger partial charge in [-0.3, -0.25) is 14.5 Å². The maximum Gasteiger partial charge on any atom is 0.251 e. The summed E-state index contributed by atoms with van der Waals surface area (Å²) in [6.07, 6.45) is 4.89. The summed E-state index contributed by atoms with van der Waals surface area (Å²) in [7, 11) is 0. The number of unbranched alkanes of at least 4 members (excludes halogenated alkanes) is 1. The lowest BCUT2D eigenvalue weighted by Crippen LogP contribution is -2.48. The van der Waals surface area contributed by atoms with Crippen molar-refractivity contribution >= 4 is 11.8 Å². The monoisotopic (exact) mass is 437 g/mol. The Kier molecular flexibility index (Phi) is 9.57. The quantitative estimate of drug-likeness (QED) is 0.499. The van der Waals surface area contributed by atoms with Crippen molar-refractivity contribution in [3.05, 3.63) is 65.7 Å². The zero-order chi connectivity index (χ0) is 22.6. The van der Waals surface area contributed by atoms with E-state index in [0.717, 1.165) is 30.7 Å². The Bertz CT molecular complexity index is 833. The van der Waals surface area contributed by atoms with Crippen LogP contribution in [-0.4, -0.2) is 55.5 Å². The largest absolute Gasteiger partial charge is 0.492 e. The van der Waals surface area contributed by atoms with Crippen LogP contribution in [0.1, 0.15) is 48.5 Å². The van der Waals surface area contributed by atoms with E-state index in [-0.39, 0.29) is 11.8 Å². The summed E-state index contributed by atoms with van der Waals surface area (Å²) in [4.78, 5) is 27.8. The molecule has 1 fully saturated rings. The zero-order valence-electron chi connectivity index (χ0n) is 19.0. The molecule has 0 spiro atoms. The predicted octanol–water partition coefficient (Wildman–Crippen LogP) is 3.42. The minimum atomic E-state index is -0.638. The van der Waals surface area contributed by atoms with Crippen LogP contribution in [0.3, 0.4) is 0 Å². The van der Waals surface area contributed by atoms with E-state index < -0.39 is 6.04 Å². The van der Waals surface area contributed by atoms with Gasteiger partial charge in [0.2, 0.25) is 5.91 Å². The van der Waals surface area contributed by atoms with Gasteiger partial charge in [-0.05, 0) is 62.2 Å². The van der Waals surface area contributed by atoms with Gasteiger partial charge < -0.3 is 15.4 Å². The normalized spacial score (nSPS) is 14.7. The number of likely N-dealkylation sites (tertiary alicyclic amines) is 1. The molecular weight excluding hydrogens is 402 g/mol. The molecule has 0 saturated carbocycles. The molecule has 2 N–H and O–H groups in total. The molecule has 6 nitrogen and oxygen atoms in total. The van der Waals surface area contributed by atoms with E-state index in [1.807, 2.05) is 42.5 Å². The maximum absolute atomic E-state index is 12.8. The second kappa shape index (κ2) is 12.9. The number of hydrogen-bond acceptors (Lipinski definition) is 4. The van der Waals surface area contributed by atoms with Crippen LogP contribution in [-0.2, 0) is 11.2 Å². The number of benzene rings is 2. The highest BCUT2D eigenvalue weighted by atomic mass is 16.5. The Balaban J connectivity index is 1.57. The molecule has 1 heterocycles. The second-order valence-corrected chi connectivity index (χ2v) is 8.28. The van der Waals surface area contributed by atoms with Crippen molar-refractivity contribution < 1.29 is 14.3 Å². The maximum atomic E-state index is 12.8. The van der Waals surface area contributed by atoms with Gasteiger partial charge in [0.25, 0.3) is 5.91 Å². The molecule has 0 bridgehead atoms. The molecule has 2 amide bonds. The highest BCUT2D eigenvalue weighted by molar-refractivity contribution is 5.97. The fourth-order valence-corrected chi connectivity index (χ4v) is 3.81. The van der Waals surface area contributed by atoms with Gasteiger partial charge >= 0.3 is 0 Å². The molecule has 0 radical (unpaired) electrons. The van der Waals surface area contributed by atoms with Crippen molar-refractivity contribution in [1.29, 1.82) is 0 Å². The topological polar surface area (TPSA) is 70.7 Å². The Morgan fingerprint density at radius 2 is 1.75 bits per heavy atom. The third kappa shape index (κ3) is 7.68. The Hall–Kier alpha value is -2.86. The van der Waals surface area contributed by atoms with E-state index in [4.69, 9.17) is 4.74 Å². The molecule has 3 rings (SSSR count). The van der Waals surface area contributed by atoms with Crippen LogP contribution in [0, 0.1) is 0 Å². The summed E-state index contributed by atoms with van der Waals surface area (Å²) >= 11 is 0. The number of nitrogens with one attached hydrogen (secondary N) is 2. The molecule has 32 heavy (non-hydrogen) atoms. The Morgan fingerprint density at radius 1 is 1.03 bits per heavy atom. The van der Waals surface area contributed by atoms with Crippen LogP contribution in [0.5, 0.6) is 5.75 Å². The average Bonchev–Trinajstić information content (AvgIpc) is 3.34. The fraction of sp³-hybridized carbons (Fsp3) is 0.462. The molecule has 2 aromatic rings. The van der Waals surface area contributed by atoms with E-state index in [1.165, 1.54) is 25.9 Å². The van der Waals surface area contributed by atoms with Crippen molar-refractivity contribution in [2.75, 3.05) is 32.8 Å². The highest BCUT2D eigenvalue weighted by Gasteiger charge is 2.21. The van der Waals surface area contributed by atoms with E-state index in [2.05, 4.69) is 22.5 Å². The van der Waals surface area contributed by atoms with Crippen LogP contribution < -0.4 is 15.4 Å². The molecule has 0 unspecified atom stereocenters. The molecule has 2 aromatic carbocycles. The second-order valence-electron chi connectivity index (χ2n) is 8.28. The van der Waals surface area contributed by atoms with Gasteiger partial charge in [-0.25, -0.2) is 0 Å². The highest BCUT2D eigenvalue weighted by Crippen LogP contribution is 2.15. The van der Waals surface area contributed by atoms with Crippen molar-refractivity contribution in [1.82, 2.24) is 15.5 Å².